The summed E-state index contributed by atoms with van der Waals surface area (Å²) in [5, 5.41) is 8.67. The van der Waals surface area contributed by atoms with Crippen molar-refractivity contribution in [3.63, 3.8) is 0 Å². The molecule has 0 saturated heterocycles. The Morgan fingerprint density at radius 1 is 1.44 bits per heavy atom. The Morgan fingerprint density at radius 3 is 2.89 bits per heavy atom. The molecular formula is C15H23NOS. The van der Waals surface area contributed by atoms with Crippen LogP contribution < -0.4 is 0 Å². The van der Waals surface area contributed by atoms with Crippen LogP contribution in [0.25, 0.3) is 0 Å². The van der Waals surface area contributed by atoms with Crippen LogP contribution in [-0.2, 0) is 6.54 Å². The van der Waals surface area contributed by atoms with Crippen molar-refractivity contribution in [3.8, 4) is 11.8 Å². The molecule has 18 heavy (non-hydrogen) atoms. The molecule has 1 N–H and O–H groups in total. The van der Waals surface area contributed by atoms with E-state index in [1.54, 1.807) is 11.3 Å². The lowest BCUT2D eigenvalue weighted by atomic mass is 10.2. The van der Waals surface area contributed by atoms with Gasteiger partial charge in [0.1, 0.15) is 0 Å². The first kappa shape index (κ1) is 15.2. The van der Waals surface area contributed by atoms with Crippen LogP contribution >= 0.6 is 11.3 Å². The lowest BCUT2D eigenvalue weighted by molar-refractivity contribution is 0.239. The van der Waals surface area contributed by atoms with E-state index in [4.69, 9.17) is 5.11 Å². The number of rotatable bonds is 6. The van der Waals surface area contributed by atoms with Gasteiger partial charge < -0.3 is 5.11 Å². The number of aliphatic hydroxyl groups excluding tert-OH is 1. The largest absolute Gasteiger partial charge is 0.395 e. The third-order valence-corrected chi connectivity index (χ3v) is 3.96. The monoisotopic (exact) mass is 265 g/mol. The van der Waals surface area contributed by atoms with Gasteiger partial charge in [-0.3, -0.25) is 4.90 Å². The van der Waals surface area contributed by atoms with Crippen molar-refractivity contribution in [1.82, 2.24) is 4.90 Å². The van der Waals surface area contributed by atoms with Crippen LogP contribution in [0.5, 0.6) is 0 Å². The normalized spacial score (nSPS) is 12.3. The minimum Gasteiger partial charge on any atom is -0.395 e. The topological polar surface area (TPSA) is 23.5 Å². The van der Waals surface area contributed by atoms with E-state index in [9.17, 15) is 0 Å². The van der Waals surface area contributed by atoms with Crippen molar-refractivity contribution in [1.29, 1.82) is 0 Å². The molecule has 0 aliphatic heterocycles. The average Bonchev–Trinajstić information content (AvgIpc) is 2.77. The highest BCUT2D eigenvalue weighted by molar-refractivity contribution is 7.12. The maximum Gasteiger partial charge on any atom is 0.0771 e. The van der Waals surface area contributed by atoms with Gasteiger partial charge in [0.2, 0.25) is 0 Å². The second-order valence-electron chi connectivity index (χ2n) is 4.59. The summed E-state index contributed by atoms with van der Waals surface area (Å²) in [6, 6.07) is 4.85. The molecule has 1 aromatic heterocycles. The molecular weight excluding hydrogens is 242 g/mol. The lowest BCUT2D eigenvalue weighted by Gasteiger charge is -2.23. The molecule has 1 heterocycles. The predicted octanol–water partition coefficient (Wildman–Crippen LogP) is 3.10. The van der Waals surface area contributed by atoms with Crippen LogP contribution in [0.15, 0.2) is 12.1 Å². The Hall–Kier alpha value is -0.820. The van der Waals surface area contributed by atoms with Gasteiger partial charge in [-0.15, -0.1) is 11.3 Å². The van der Waals surface area contributed by atoms with E-state index in [0.29, 0.717) is 12.5 Å². The number of hydrogen-bond donors (Lipinski definition) is 1. The fourth-order valence-electron chi connectivity index (χ4n) is 1.78. The zero-order chi connectivity index (χ0) is 13.4. The highest BCUT2D eigenvalue weighted by atomic mass is 32.1. The van der Waals surface area contributed by atoms with E-state index in [1.165, 1.54) is 17.7 Å². The highest BCUT2D eigenvalue weighted by Gasteiger charge is 2.09. The Bertz CT molecular complexity index is 402. The molecule has 100 valence electrons. The average molecular weight is 265 g/mol. The second kappa shape index (κ2) is 8.31. The van der Waals surface area contributed by atoms with Gasteiger partial charge in [0, 0.05) is 23.9 Å². The summed E-state index contributed by atoms with van der Waals surface area (Å²) in [7, 11) is 2.18. The summed E-state index contributed by atoms with van der Waals surface area (Å²) in [5.74, 6) is 6.04. The van der Waals surface area contributed by atoms with Crippen molar-refractivity contribution in [2.75, 3.05) is 13.7 Å². The van der Waals surface area contributed by atoms with Crippen molar-refractivity contribution < 1.29 is 5.11 Å². The Labute approximate surface area is 115 Å². The Kier molecular flexibility index (Phi) is 7.04. The molecule has 3 heteroatoms. The minimum absolute atomic E-state index is 0.141. The van der Waals surface area contributed by atoms with Gasteiger partial charge >= 0.3 is 0 Å². The van der Waals surface area contributed by atoms with Gasteiger partial charge in [-0.05, 0) is 32.5 Å². The van der Waals surface area contributed by atoms with Gasteiger partial charge in [0.25, 0.3) is 0 Å². The molecule has 0 amide bonds. The summed E-state index contributed by atoms with van der Waals surface area (Å²) >= 11 is 1.75. The first-order valence-electron chi connectivity index (χ1n) is 6.56. The van der Waals surface area contributed by atoms with E-state index in [0.717, 1.165) is 11.4 Å². The van der Waals surface area contributed by atoms with Crippen molar-refractivity contribution in [2.24, 2.45) is 0 Å². The molecule has 1 rings (SSSR count). The molecule has 1 atom stereocenters. The zero-order valence-electron chi connectivity index (χ0n) is 11.6. The van der Waals surface area contributed by atoms with Crippen LogP contribution in [0, 0.1) is 11.8 Å². The number of thiophene rings is 1. The quantitative estimate of drug-likeness (QED) is 0.799. The molecule has 2 nitrogen and oxygen atoms in total. The van der Waals surface area contributed by atoms with E-state index in [-0.39, 0.29) is 6.61 Å². The number of aliphatic hydroxyl groups is 1. The summed E-state index contributed by atoms with van der Waals surface area (Å²) in [5.41, 5.74) is 0. The lowest BCUT2D eigenvalue weighted by Crippen LogP contribution is -2.27. The van der Waals surface area contributed by atoms with Gasteiger partial charge in [0.05, 0.1) is 11.5 Å². The van der Waals surface area contributed by atoms with Crippen molar-refractivity contribution >= 4 is 11.3 Å². The molecule has 0 bridgehead atoms. The Balaban J connectivity index is 2.51. The SMILES string of the molecule is CCCC(C)N(C)Cc1ccc(C#CCCO)s1. The number of nitrogens with zero attached hydrogens (tertiary/aromatic N) is 1. The predicted molar refractivity (Wildman–Crippen MR) is 78.7 cm³/mol. The third-order valence-electron chi connectivity index (χ3n) is 2.97. The standard InChI is InChI=1S/C15H23NOS/c1-4-7-13(2)16(3)12-15-10-9-14(18-15)8-5-6-11-17/h9-10,13,17H,4,6-7,11-12H2,1-3H3. The summed E-state index contributed by atoms with van der Waals surface area (Å²) in [4.78, 5) is 4.84. The summed E-state index contributed by atoms with van der Waals surface area (Å²) < 4.78 is 0. The fourth-order valence-corrected chi connectivity index (χ4v) is 2.72. The number of hydrogen-bond acceptors (Lipinski definition) is 3. The van der Waals surface area contributed by atoms with E-state index >= 15 is 0 Å². The molecule has 0 aromatic carbocycles. The van der Waals surface area contributed by atoms with E-state index in [1.807, 2.05) is 0 Å². The molecule has 0 aliphatic rings. The molecule has 0 spiro atoms. The third kappa shape index (κ3) is 5.22. The Morgan fingerprint density at radius 2 is 2.22 bits per heavy atom. The van der Waals surface area contributed by atoms with E-state index in [2.05, 4.69) is 49.8 Å². The second-order valence-corrected chi connectivity index (χ2v) is 5.76. The molecule has 1 unspecified atom stereocenters. The molecule has 0 aliphatic carbocycles. The zero-order valence-corrected chi connectivity index (χ0v) is 12.4. The maximum absolute atomic E-state index is 8.67. The summed E-state index contributed by atoms with van der Waals surface area (Å²) in [6.45, 7) is 5.64. The highest BCUT2D eigenvalue weighted by Crippen LogP contribution is 2.18. The molecule has 1 aromatic rings. The van der Waals surface area contributed by atoms with Crippen LogP contribution in [0.1, 0.15) is 42.9 Å². The first-order valence-corrected chi connectivity index (χ1v) is 7.37. The van der Waals surface area contributed by atoms with E-state index < -0.39 is 0 Å². The van der Waals surface area contributed by atoms with Crippen molar-refractivity contribution in [3.05, 3.63) is 21.9 Å². The maximum atomic E-state index is 8.67. The molecule has 0 radical (unpaired) electrons. The minimum atomic E-state index is 0.141. The van der Waals surface area contributed by atoms with Crippen LogP contribution in [0.2, 0.25) is 0 Å². The van der Waals surface area contributed by atoms with Gasteiger partial charge in [-0.2, -0.15) is 0 Å². The van der Waals surface area contributed by atoms with Crippen LogP contribution in [0.3, 0.4) is 0 Å². The van der Waals surface area contributed by atoms with Gasteiger partial charge in [-0.25, -0.2) is 0 Å². The van der Waals surface area contributed by atoms with Crippen LogP contribution in [-0.4, -0.2) is 29.7 Å². The van der Waals surface area contributed by atoms with Crippen molar-refractivity contribution in [2.45, 2.75) is 45.7 Å². The van der Waals surface area contributed by atoms with Gasteiger partial charge in [0.15, 0.2) is 0 Å². The molecule has 0 fully saturated rings. The molecule has 0 saturated carbocycles. The summed E-state index contributed by atoms with van der Waals surface area (Å²) in [6.07, 6.45) is 3.03. The fraction of sp³-hybridized carbons (Fsp3) is 0.600. The smallest absolute Gasteiger partial charge is 0.0771 e. The first-order chi connectivity index (χ1) is 8.67. The van der Waals surface area contributed by atoms with Gasteiger partial charge in [-0.1, -0.05) is 25.2 Å². The van der Waals surface area contributed by atoms with Crippen LogP contribution in [0.4, 0.5) is 0 Å².